The van der Waals surface area contributed by atoms with Gasteiger partial charge in [-0.2, -0.15) is 0 Å². The Bertz CT molecular complexity index is 1660. The van der Waals surface area contributed by atoms with Gasteiger partial charge in [0, 0.05) is 16.8 Å². The molecule has 196 valence electrons. The molecule has 0 fully saturated rings. The fraction of sp³-hybridized carbons (Fsp3) is 0.200. The number of rotatable bonds is 4. The highest BCUT2D eigenvalue weighted by atomic mass is 28.3. The second kappa shape index (κ2) is 8.70. The third-order valence-corrected chi connectivity index (χ3v) is 12.7. The van der Waals surface area contributed by atoms with Crippen molar-refractivity contribution in [2.24, 2.45) is 0 Å². The quantitative estimate of drug-likeness (QED) is 0.179. The van der Waals surface area contributed by atoms with E-state index in [-0.39, 0.29) is 0 Å². The first kappa shape index (κ1) is 25.7. The van der Waals surface area contributed by atoms with E-state index < -0.39 is 21.6 Å². The second-order valence-corrected chi connectivity index (χ2v) is 23.3. The van der Waals surface area contributed by atoms with E-state index in [1.165, 1.54) is 49.1 Å². The number of benzene rings is 5. The molecule has 0 radical (unpaired) electrons. The topological polar surface area (TPSA) is 52.0 Å². The maximum atomic E-state index is 6.82. The van der Waals surface area contributed by atoms with Gasteiger partial charge in [0.25, 0.3) is 0 Å². The van der Waals surface area contributed by atoms with Crippen LogP contribution in [0.3, 0.4) is 0 Å². The molecule has 0 saturated carbocycles. The molecule has 4 heteroatoms. The maximum absolute atomic E-state index is 6.82. The molecule has 0 aliphatic heterocycles. The minimum absolute atomic E-state index is 0.520. The molecule has 0 bridgehead atoms. The zero-order valence-electron chi connectivity index (χ0n) is 23.9. The Morgan fingerprint density at radius 2 is 1.05 bits per heavy atom. The summed E-state index contributed by atoms with van der Waals surface area (Å²) in [7, 11) is -2.92. The third-order valence-electron chi connectivity index (χ3n) is 8.57. The lowest BCUT2D eigenvalue weighted by Crippen LogP contribution is -2.39. The van der Waals surface area contributed by atoms with Crippen LogP contribution in [0.2, 0.25) is 39.3 Å². The van der Waals surface area contributed by atoms with E-state index in [2.05, 4.69) is 130 Å². The average molecular weight is 543 g/mol. The Labute approximate surface area is 234 Å². The van der Waals surface area contributed by atoms with Crippen molar-refractivity contribution in [2.75, 3.05) is 11.5 Å². The van der Waals surface area contributed by atoms with Crippen LogP contribution >= 0.6 is 0 Å². The molecule has 0 unspecified atom stereocenters. The molecule has 0 aromatic heterocycles. The van der Waals surface area contributed by atoms with Gasteiger partial charge in [0.2, 0.25) is 0 Å². The lowest BCUT2D eigenvalue weighted by atomic mass is 9.67. The van der Waals surface area contributed by atoms with E-state index >= 15 is 0 Å². The molecule has 6 rings (SSSR count). The molecular weight excluding hydrogens is 505 g/mol. The molecule has 2 nitrogen and oxygen atoms in total. The minimum Gasteiger partial charge on any atom is -0.399 e. The number of anilines is 2. The molecule has 0 atom stereocenters. The lowest BCUT2D eigenvalue weighted by Gasteiger charge is -2.35. The van der Waals surface area contributed by atoms with Gasteiger partial charge in [-0.05, 0) is 57.0 Å². The number of hydrogen-bond acceptors (Lipinski definition) is 2. The van der Waals surface area contributed by atoms with Gasteiger partial charge in [0.15, 0.2) is 0 Å². The predicted octanol–water partition coefficient (Wildman–Crippen LogP) is 7.46. The summed E-state index contributed by atoms with van der Waals surface area (Å²) in [4.78, 5) is 0. The molecule has 39 heavy (non-hydrogen) atoms. The fourth-order valence-corrected chi connectivity index (χ4v) is 8.79. The Kier molecular flexibility index (Phi) is 5.72. The van der Waals surface area contributed by atoms with Crippen LogP contribution < -0.4 is 21.8 Å². The Morgan fingerprint density at radius 1 is 0.538 bits per heavy atom. The van der Waals surface area contributed by atoms with Crippen LogP contribution in [0.5, 0.6) is 0 Å². The number of nitrogens with two attached hydrogens (primary N) is 2. The highest BCUT2D eigenvalue weighted by Gasteiger charge is 2.47. The molecule has 0 heterocycles. The van der Waals surface area contributed by atoms with Gasteiger partial charge in [-0.3, -0.25) is 0 Å². The van der Waals surface area contributed by atoms with E-state index in [1.807, 2.05) is 6.07 Å². The van der Waals surface area contributed by atoms with E-state index in [9.17, 15) is 0 Å². The standard InChI is InChI=1S/C35H38N2Si2/c1-38(2,3)26-16-11-23(12-17-26)35(24-13-18-27(19-14-24)39(4,5)6)31-21-25(36)15-20-30(31)34-29-10-8-7-9-28(29)33(37)22-32(34)35/h7-22H,36-37H2,1-6H3. The number of fused-ring (bicyclic) bond motifs is 5. The van der Waals surface area contributed by atoms with Gasteiger partial charge >= 0.3 is 0 Å². The molecule has 1 aliphatic carbocycles. The summed E-state index contributed by atoms with van der Waals surface area (Å²) >= 11 is 0. The van der Waals surface area contributed by atoms with Gasteiger partial charge in [0.1, 0.15) is 0 Å². The number of nitrogen functional groups attached to an aromatic ring is 2. The molecule has 4 N–H and O–H groups in total. The summed E-state index contributed by atoms with van der Waals surface area (Å²) in [6, 6.07) is 36.0. The third kappa shape index (κ3) is 3.88. The zero-order valence-corrected chi connectivity index (χ0v) is 25.9. The van der Waals surface area contributed by atoms with Crippen molar-refractivity contribution in [3.05, 3.63) is 119 Å². The summed E-state index contributed by atoms with van der Waals surface area (Å²) in [5.41, 5.74) is 21.9. The van der Waals surface area contributed by atoms with Crippen LogP contribution in [0.25, 0.3) is 21.9 Å². The number of hydrogen-bond donors (Lipinski definition) is 2. The summed E-state index contributed by atoms with van der Waals surface area (Å²) in [6.07, 6.45) is 0. The van der Waals surface area contributed by atoms with Crippen molar-refractivity contribution in [3.63, 3.8) is 0 Å². The minimum atomic E-state index is -1.46. The summed E-state index contributed by atoms with van der Waals surface area (Å²) < 4.78 is 0. The van der Waals surface area contributed by atoms with Crippen LogP contribution in [0, 0.1) is 0 Å². The smallest absolute Gasteiger partial charge is 0.0775 e. The first-order valence-electron chi connectivity index (χ1n) is 13.9. The fourth-order valence-electron chi connectivity index (χ4n) is 6.45. The van der Waals surface area contributed by atoms with Gasteiger partial charge in [-0.25, -0.2) is 0 Å². The first-order valence-corrected chi connectivity index (χ1v) is 20.9. The lowest BCUT2D eigenvalue weighted by molar-refractivity contribution is 0.770. The molecular formula is C35H38N2Si2. The molecule has 5 aromatic rings. The summed E-state index contributed by atoms with van der Waals surface area (Å²) in [6.45, 7) is 14.4. The Hall–Kier alpha value is -3.61. The molecule has 0 amide bonds. The monoisotopic (exact) mass is 542 g/mol. The maximum Gasteiger partial charge on any atom is 0.0775 e. The van der Waals surface area contributed by atoms with Gasteiger partial charge in [-0.15, -0.1) is 0 Å². The van der Waals surface area contributed by atoms with E-state index in [0.29, 0.717) is 0 Å². The van der Waals surface area contributed by atoms with E-state index in [4.69, 9.17) is 11.5 Å². The van der Waals surface area contributed by atoms with Crippen LogP contribution in [0.1, 0.15) is 22.3 Å². The highest BCUT2D eigenvalue weighted by Crippen LogP contribution is 2.58. The highest BCUT2D eigenvalue weighted by molar-refractivity contribution is 6.89. The van der Waals surface area contributed by atoms with Crippen molar-refractivity contribution in [1.82, 2.24) is 0 Å². The summed E-state index contributed by atoms with van der Waals surface area (Å²) in [5.74, 6) is 0. The van der Waals surface area contributed by atoms with Crippen LogP contribution in [0.4, 0.5) is 11.4 Å². The van der Waals surface area contributed by atoms with E-state index in [0.717, 1.165) is 16.8 Å². The van der Waals surface area contributed by atoms with Crippen molar-refractivity contribution in [3.8, 4) is 11.1 Å². The van der Waals surface area contributed by atoms with Crippen molar-refractivity contribution in [1.29, 1.82) is 0 Å². The average Bonchev–Trinajstić information content (AvgIpc) is 3.18. The van der Waals surface area contributed by atoms with Crippen LogP contribution in [-0.4, -0.2) is 16.1 Å². The van der Waals surface area contributed by atoms with Gasteiger partial charge < -0.3 is 11.5 Å². The molecule has 0 spiro atoms. The zero-order chi connectivity index (χ0) is 27.7. The second-order valence-electron chi connectivity index (χ2n) is 13.1. The molecule has 1 aliphatic rings. The normalized spacial score (nSPS) is 14.3. The Balaban J connectivity index is 1.77. The van der Waals surface area contributed by atoms with Gasteiger partial charge in [-0.1, -0.05) is 129 Å². The van der Waals surface area contributed by atoms with Crippen molar-refractivity contribution >= 4 is 48.7 Å². The van der Waals surface area contributed by atoms with Gasteiger partial charge in [0.05, 0.1) is 21.6 Å². The van der Waals surface area contributed by atoms with Crippen molar-refractivity contribution < 1.29 is 0 Å². The Morgan fingerprint density at radius 3 is 1.56 bits per heavy atom. The SMILES string of the molecule is C[Si](C)(C)c1ccc(C2(c3ccc([Si](C)(C)C)cc3)c3cc(N)ccc3-c3c2cc(N)c2ccccc32)cc1. The molecule has 0 saturated heterocycles. The predicted molar refractivity (Wildman–Crippen MR) is 176 cm³/mol. The van der Waals surface area contributed by atoms with Crippen molar-refractivity contribution in [2.45, 2.75) is 44.7 Å². The van der Waals surface area contributed by atoms with E-state index in [1.54, 1.807) is 0 Å². The van der Waals surface area contributed by atoms with Crippen LogP contribution in [-0.2, 0) is 5.41 Å². The van der Waals surface area contributed by atoms with Crippen LogP contribution in [0.15, 0.2) is 97.1 Å². The first-order chi connectivity index (χ1) is 18.4. The largest absolute Gasteiger partial charge is 0.399 e. The molecule has 5 aromatic carbocycles. The summed E-state index contributed by atoms with van der Waals surface area (Å²) in [5, 5.41) is 5.20.